The molecule has 3 fully saturated rings. The maximum atomic E-state index is 12.8. The molecule has 162 valence electrons. The van der Waals surface area contributed by atoms with Gasteiger partial charge >= 0.3 is 6.03 Å². The second-order valence-corrected chi connectivity index (χ2v) is 10.0. The van der Waals surface area contributed by atoms with Gasteiger partial charge in [-0.15, -0.1) is 0 Å². The summed E-state index contributed by atoms with van der Waals surface area (Å²) in [7, 11) is 0. The lowest BCUT2D eigenvalue weighted by atomic mass is 9.87. The minimum atomic E-state index is -0.285. The van der Waals surface area contributed by atoms with E-state index in [2.05, 4.69) is 22.0 Å². The van der Waals surface area contributed by atoms with Crippen LogP contribution < -0.4 is 25.4 Å². The van der Waals surface area contributed by atoms with E-state index in [0.29, 0.717) is 11.7 Å². The Balaban J connectivity index is 1.13. The van der Waals surface area contributed by atoms with Crippen molar-refractivity contribution in [2.75, 3.05) is 12.5 Å². The number of rotatable bonds is 7. The number of nitrogens with one attached hydrogen (secondary N) is 3. The lowest BCUT2D eigenvalue weighted by Gasteiger charge is -2.31. The Labute approximate surface area is 181 Å². The number of thioether (sulfide) groups is 1. The molecular formula is C22H29N3O4S. The molecule has 4 aliphatic rings. The van der Waals surface area contributed by atoms with E-state index in [4.69, 9.17) is 9.47 Å². The summed E-state index contributed by atoms with van der Waals surface area (Å²) in [5, 5.41) is 9.83. The molecule has 1 saturated carbocycles. The average Bonchev–Trinajstić information content (AvgIpc) is 3.50. The summed E-state index contributed by atoms with van der Waals surface area (Å²) >= 11 is 1.93. The van der Waals surface area contributed by atoms with Gasteiger partial charge in [0.2, 0.25) is 12.7 Å². The molecule has 3 heterocycles. The van der Waals surface area contributed by atoms with E-state index < -0.39 is 0 Å². The second-order valence-electron chi connectivity index (χ2n) is 8.77. The number of amides is 3. The van der Waals surface area contributed by atoms with Gasteiger partial charge in [0.1, 0.15) is 0 Å². The van der Waals surface area contributed by atoms with Crippen LogP contribution in [0, 0.1) is 0 Å². The van der Waals surface area contributed by atoms with Crippen LogP contribution in [-0.4, -0.2) is 41.8 Å². The van der Waals surface area contributed by atoms with E-state index >= 15 is 0 Å². The van der Waals surface area contributed by atoms with E-state index in [1.807, 2.05) is 23.9 Å². The summed E-state index contributed by atoms with van der Waals surface area (Å²) in [6, 6.07) is 6.51. The number of ether oxygens (including phenoxy) is 2. The van der Waals surface area contributed by atoms with Crippen LogP contribution in [0.25, 0.3) is 0 Å². The van der Waals surface area contributed by atoms with E-state index in [9.17, 15) is 9.59 Å². The van der Waals surface area contributed by atoms with Crippen LogP contribution in [0.5, 0.6) is 11.5 Å². The highest BCUT2D eigenvalue weighted by atomic mass is 32.2. The Morgan fingerprint density at radius 3 is 2.87 bits per heavy atom. The summed E-state index contributed by atoms with van der Waals surface area (Å²) in [4.78, 5) is 24.3. The number of benzene rings is 1. The van der Waals surface area contributed by atoms with Gasteiger partial charge in [0.15, 0.2) is 11.5 Å². The monoisotopic (exact) mass is 431 g/mol. The zero-order valence-corrected chi connectivity index (χ0v) is 17.9. The largest absolute Gasteiger partial charge is 0.454 e. The fourth-order valence-electron chi connectivity index (χ4n) is 5.26. The molecule has 5 rings (SSSR count). The van der Waals surface area contributed by atoms with E-state index in [1.165, 1.54) is 0 Å². The third kappa shape index (κ3) is 3.82. The van der Waals surface area contributed by atoms with Crippen LogP contribution in [0.4, 0.5) is 4.79 Å². The minimum Gasteiger partial charge on any atom is -0.454 e. The maximum absolute atomic E-state index is 12.8. The molecule has 3 atom stereocenters. The van der Waals surface area contributed by atoms with Gasteiger partial charge in [0, 0.05) is 17.4 Å². The first kappa shape index (κ1) is 19.8. The quantitative estimate of drug-likeness (QED) is 0.456. The fraction of sp³-hybridized carbons (Fsp3) is 0.636. The molecule has 2 saturated heterocycles. The number of fused-ring (bicyclic) bond motifs is 2. The third-order valence-corrected chi connectivity index (χ3v) is 8.35. The summed E-state index contributed by atoms with van der Waals surface area (Å²) in [5.74, 6) is 2.65. The zero-order valence-electron chi connectivity index (χ0n) is 17.1. The Bertz CT molecular complexity index is 827. The molecule has 1 aromatic rings. The molecule has 1 aromatic carbocycles. The van der Waals surface area contributed by atoms with Crippen LogP contribution in [-0.2, 0) is 10.3 Å². The Hall–Kier alpha value is -2.09. The normalized spacial score (nSPS) is 28.1. The molecule has 0 radical (unpaired) electrons. The molecular weight excluding hydrogens is 402 g/mol. The summed E-state index contributed by atoms with van der Waals surface area (Å²) < 4.78 is 11.0. The van der Waals surface area contributed by atoms with Gasteiger partial charge in [-0.3, -0.25) is 4.79 Å². The van der Waals surface area contributed by atoms with Crippen LogP contribution in [0.1, 0.15) is 56.9 Å². The van der Waals surface area contributed by atoms with Crippen molar-refractivity contribution in [1.82, 2.24) is 16.0 Å². The van der Waals surface area contributed by atoms with Crippen molar-refractivity contribution < 1.29 is 19.1 Å². The van der Waals surface area contributed by atoms with Gasteiger partial charge in [0.05, 0.1) is 17.6 Å². The van der Waals surface area contributed by atoms with Crippen LogP contribution in [0.2, 0.25) is 0 Å². The topological polar surface area (TPSA) is 88.7 Å². The number of hydrogen-bond donors (Lipinski definition) is 3. The first-order valence-corrected chi connectivity index (χ1v) is 12.1. The SMILES string of the molecule is O=C(CCCC[C@@H]1SC[C@H]2NC(=O)N[C@@H]12)NC1(c2ccc3c(c2)OCO3)CCCC1. The minimum absolute atomic E-state index is 0.0416. The molecule has 0 spiro atoms. The summed E-state index contributed by atoms with van der Waals surface area (Å²) in [5.41, 5.74) is 0.835. The zero-order chi connectivity index (χ0) is 20.6. The smallest absolute Gasteiger partial charge is 0.315 e. The highest BCUT2D eigenvalue weighted by Gasteiger charge is 2.42. The third-order valence-electron chi connectivity index (χ3n) is 6.84. The molecule has 0 bridgehead atoms. The summed E-state index contributed by atoms with van der Waals surface area (Å²) in [6.07, 6.45) is 7.63. The maximum Gasteiger partial charge on any atom is 0.315 e. The van der Waals surface area contributed by atoms with Crippen molar-refractivity contribution in [2.45, 2.75) is 74.2 Å². The lowest BCUT2D eigenvalue weighted by molar-refractivity contribution is -0.123. The van der Waals surface area contributed by atoms with Crippen LogP contribution >= 0.6 is 11.8 Å². The van der Waals surface area contributed by atoms with Gasteiger partial charge in [-0.25, -0.2) is 4.79 Å². The van der Waals surface area contributed by atoms with E-state index in [0.717, 1.165) is 67.8 Å². The fourth-order valence-corrected chi connectivity index (χ4v) is 6.81. The Morgan fingerprint density at radius 2 is 2.00 bits per heavy atom. The highest BCUT2D eigenvalue weighted by Crippen LogP contribution is 2.43. The highest BCUT2D eigenvalue weighted by molar-refractivity contribution is 8.00. The lowest BCUT2D eigenvalue weighted by Crippen LogP contribution is -2.43. The first-order chi connectivity index (χ1) is 14.6. The average molecular weight is 432 g/mol. The summed E-state index contributed by atoms with van der Waals surface area (Å²) in [6.45, 7) is 0.263. The molecule has 1 aliphatic carbocycles. The Morgan fingerprint density at radius 1 is 1.17 bits per heavy atom. The molecule has 30 heavy (non-hydrogen) atoms. The standard InChI is InChI=1S/C22H29N3O4S/c26-19(6-2-1-5-18-20-15(12-30-18)23-21(27)24-20)25-22(9-3-4-10-22)14-7-8-16-17(11-14)29-13-28-16/h7-8,11,15,18,20H,1-6,9-10,12-13H2,(H,25,26)(H2,23,24,27)/t15-,18+,20-/m1/s1. The Kier molecular flexibility index (Phi) is 5.43. The predicted molar refractivity (Wildman–Crippen MR) is 115 cm³/mol. The van der Waals surface area contributed by atoms with Crippen molar-refractivity contribution >= 4 is 23.7 Å². The van der Waals surface area contributed by atoms with E-state index in [-0.39, 0.29) is 36.4 Å². The number of urea groups is 1. The van der Waals surface area contributed by atoms with Crippen molar-refractivity contribution in [1.29, 1.82) is 0 Å². The van der Waals surface area contributed by atoms with Gasteiger partial charge in [-0.1, -0.05) is 25.3 Å². The van der Waals surface area contributed by atoms with Gasteiger partial charge in [-0.2, -0.15) is 11.8 Å². The first-order valence-electron chi connectivity index (χ1n) is 11.0. The van der Waals surface area contributed by atoms with Crippen molar-refractivity contribution in [3.8, 4) is 11.5 Å². The second kappa shape index (κ2) is 8.21. The van der Waals surface area contributed by atoms with Gasteiger partial charge in [0.25, 0.3) is 0 Å². The number of hydrogen-bond acceptors (Lipinski definition) is 5. The van der Waals surface area contributed by atoms with Gasteiger partial charge in [-0.05, 0) is 43.4 Å². The van der Waals surface area contributed by atoms with Crippen LogP contribution in [0.3, 0.4) is 0 Å². The van der Waals surface area contributed by atoms with E-state index in [1.54, 1.807) is 0 Å². The predicted octanol–water partition coefficient (Wildman–Crippen LogP) is 3.03. The molecule has 0 aromatic heterocycles. The molecule has 8 heteroatoms. The molecule has 7 nitrogen and oxygen atoms in total. The van der Waals surface area contributed by atoms with Crippen molar-refractivity contribution in [3.63, 3.8) is 0 Å². The number of unbranched alkanes of at least 4 members (excludes halogenated alkanes) is 1. The van der Waals surface area contributed by atoms with Crippen molar-refractivity contribution in [3.05, 3.63) is 23.8 Å². The number of carbonyl (C=O) groups excluding carboxylic acids is 2. The van der Waals surface area contributed by atoms with Gasteiger partial charge < -0.3 is 25.4 Å². The molecule has 3 aliphatic heterocycles. The molecule has 3 amide bonds. The molecule has 0 unspecified atom stereocenters. The van der Waals surface area contributed by atoms with Crippen molar-refractivity contribution in [2.24, 2.45) is 0 Å². The number of carbonyl (C=O) groups is 2. The molecule has 3 N–H and O–H groups in total. The van der Waals surface area contributed by atoms with Crippen LogP contribution in [0.15, 0.2) is 18.2 Å².